The third kappa shape index (κ3) is 5.02. The molecule has 3 rings (SSSR count). The molecule has 0 amide bonds. The van der Waals surface area contributed by atoms with Crippen LogP contribution in [-0.2, 0) is 6.42 Å². The molecule has 0 N–H and O–H groups in total. The summed E-state index contributed by atoms with van der Waals surface area (Å²) in [5, 5.41) is 0. The van der Waals surface area contributed by atoms with Crippen molar-refractivity contribution in [3.8, 4) is 0 Å². The molecule has 0 atom stereocenters. The Morgan fingerprint density at radius 2 is 1.39 bits per heavy atom. The van der Waals surface area contributed by atoms with E-state index in [2.05, 4.69) is 29.9 Å². The molecule has 2 heteroatoms. The molecule has 0 unspecified atom stereocenters. The molecule has 1 heterocycles. The Balaban J connectivity index is 1.39. The molecule has 23 heavy (non-hydrogen) atoms. The van der Waals surface area contributed by atoms with Crippen molar-refractivity contribution in [2.24, 2.45) is 23.7 Å². The van der Waals surface area contributed by atoms with E-state index in [0.717, 1.165) is 35.8 Å². The van der Waals surface area contributed by atoms with E-state index in [1.165, 1.54) is 69.9 Å². The Morgan fingerprint density at radius 1 is 0.826 bits per heavy atom. The zero-order valence-corrected chi connectivity index (χ0v) is 15.1. The summed E-state index contributed by atoms with van der Waals surface area (Å²) in [6, 6.07) is 2.16. The van der Waals surface area contributed by atoms with E-state index in [0.29, 0.717) is 0 Å². The first-order chi connectivity index (χ1) is 11.2. The third-order valence-corrected chi connectivity index (χ3v) is 6.53. The van der Waals surface area contributed by atoms with Crippen LogP contribution in [0, 0.1) is 30.6 Å². The molecule has 0 saturated heterocycles. The van der Waals surface area contributed by atoms with Gasteiger partial charge in [-0.25, -0.2) is 9.97 Å². The highest BCUT2D eigenvalue weighted by atomic mass is 14.8. The molecule has 128 valence electrons. The summed E-state index contributed by atoms with van der Waals surface area (Å²) >= 11 is 0. The van der Waals surface area contributed by atoms with Gasteiger partial charge in [0.05, 0.1) is 0 Å². The van der Waals surface area contributed by atoms with Gasteiger partial charge in [0.25, 0.3) is 0 Å². The molecule has 0 radical (unpaired) electrons. The van der Waals surface area contributed by atoms with Crippen LogP contribution >= 0.6 is 0 Å². The fourth-order valence-electron chi connectivity index (χ4n) is 4.94. The normalized spacial score (nSPS) is 31.9. The Bertz CT molecular complexity index is 468. The number of aryl methyl sites for hydroxylation is 1. The van der Waals surface area contributed by atoms with Crippen LogP contribution in [0.2, 0.25) is 0 Å². The first-order valence-electron chi connectivity index (χ1n) is 10.0. The SMILES string of the molecule is CCC1CCC(CC2CCC(Cc3cc(C)ncn3)CC2)CC1. The molecule has 0 aliphatic heterocycles. The fraction of sp³-hybridized carbons (Fsp3) is 0.810. The second kappa shape index (κ2) is 8.26. The molecular formula is C21H34N2. The largest absolute Gasteiger partial charge is 0.242 e. The van der Waals surface area contributed by atoms with Crippen LogP contribution in [0.4, 0.5) is 0 Å². The monoisotopic (exact) mass is 314 g/mol. The van der Waals surface area contributed by atoms with Gasteiger partial charge in [-0.1, -0.05) is 51.9 Å². The summed E-state index contributed by atoms with van der Waals surface area (Å²) in [7, 11) is 0. The highest BCUT2D eigenvalue weighted by molar-refractivity contribution is 5.07. The van der Waals surface area contributed by atoms with Gasteiger partial charge in [0.2, 0.25) is 0 Å². The van der Waals surface area contributed by atoms with Gasteiger partial charge >= 0.3 is 0 Å². The van der Waals surface area contributed by atoms with Crippen molar-refractivity contribution in [3.05, 3.63) is 23.8 Å². The van der Waals surface area contributed by atoms with Gasteiger partial charge < -0.3 is 0 Å². The highest BCUT2D eigenvalue weighted by Crippen LogP contribution is 2.39. The first-order valence-corrected chi connectivity index (χ1v) is 10.0. The van der Waals surface area contributed by atoms with Gasteiger partial charge in [0.1, 0.15) is 6.33 Å². The van der Waals surface area contributed by atoms with Crippen molar-refractivity contribution in [1.82, 2.24) is 9.97 Å². The quantitative estimate of drug-likeness (QED) is 0.692. The van der Waals surface area contributed by atoms with Crippen LogP contribution in [0.25, 0.3) is 0 Å². The fourth-order valence-corrected chi connectivity index (χ4v) is 4.94. The standard InChI is InChI=1S/C21H34N2/c1-3-17-4-6-18(7-5-17)13-19-8-10-20(11-9-19)14-21-12-16(2)22-15-23-21/h12,15,17-20H,3-11,13-14H2,1-2H3. The minimum absolute atomic E-state index is 0.858. The van der Waals surface area contributed by atoms with E-state index in [4.69, 9.17) is 0 Å². The van der Waals surface area contributed by atoms with E-state index in [-0.39, 0.29) is 0 Å². The zero-order valence-electron chi connectivity index (χ0n) is 15.1. The Labute approximate surface area is 142 Å². The smallest absolute Gasteiger partial charge is 0.115 e. The predicted octanol–water partition coefficient (Wildman–Crippen LogP) is 5.74. The summed E-state index contributed by atoms with van der Waals surface area (Å²) < 4.78 is 0. The van der Waals surface area contributed by atoms with E-state index < -0.39 is 0 Å². The minimum Gasteiger partial charge on any atom is -0.242 e. The minimum atomic E-state index is 0.858. The van der Waals surface area contributed by atoms with Crippen LogP contribution < -0.4 is 0 Å². The molecule has 2 nitrogen and oxygen atoms in total. The number of hydrogen-bond acceptors (Lipinski definition) is 2. The van der Waals surface area contributed by atoms with E-state index in [1.54, 1.807) is 6.33 Å². The maximum absolute atomic E-state index is 4.45. The molecule has 1 aromatic rings. The maximum Gasteiger partial charge on any atom is 0.115 e. The van der Waals surface area contributed by atoms with Crippen LogP contribution in [0.3, 0.4) is 0 Å². The molecule has 0 aromatic carbocycles. The topological polar surface area (TPSA) is 25.8 Å². The van der Waals surface area contributed by atoms with Crippen LogP contribution in [0.1, 0.15) is 82.5 Å². The van der Waals surface area contributed by atoms with E-state index in [1.807, 2.05) is 0 Å². The number of rotatable bonds is 5. The molecule has 0 spiro atoms. The van der Waals surface area contributed by atoms with Gasteiger partial charge in [0, 0.05) is 11.4 Å². The number of aromatic nitrogens is 2. The lowest BCUT2D eigenvalue weighted by atomic mass is 9.72. The Morgan fingerprint density at radius 3 is 1.96 bits per heavy atom. The second-order valence-electron chi connectivity index (χ2n) is 8.27. The Kier molecular flexibility index (Phi) is 6.08. The summed E-state index contributed by atoms with van der Waals surface area (Å²) in [5.74, 6) is 3.96. The Hall–Kier alpha value is -0.920. The molecule has 2 aliphatic carbocycles. The van der Waals surface area contributed by atoms with Crippen LogP contribution in [0.5, 0.6) is 0 Å². The lowest BCUT2D eigenvalue weighted by Crippen LogP contribution is -2.21. The van der Waals surface area contributed by atoms with Gasteiger partial charge in [-0.05, 0) is 62.3 Å². The highest BCUT2D eigenvalue weighted by Gasteiger charge is 2.26. The summed E-state index contributed by atoms with van der Waals surface area (Å²) in [6.07, 6.45) is 17.6. The zero-order chi connectivity index (χ0) is 16.1. The second-order valence-corrected chi connectivity index (χ2v) is 8.27. The molecular weight excluding hydrogens is 280 g/mol. The number of hydrogen-bond donors (Lipinski definition) is 0. The van der Waals surface area contributed by atoms with Gasteiger partial charge in [-0.2, -0.15) is 0 Å². The van der Waals surface area contributed by atoms with Crippen molar-refractivity contribution < 1.29 is 0 Å². The van der Waals surface area contributed by atoms with Crippen molar-refractivity contribution >= 4 is 0 Å². The molecule has 1 aromatic heterocycles. The third-order valence-electron chi connectivity index (χ3n) is 6.53. The molecule has 2 fully saturated rings. The van der Waals surface area contributed by atoms with E-state index in [9.17, 15) is 0 Å². The average Bonchev–Trinajstić information content (AvgIpc) is 2.57. The van der Waals surface area contributed by atoms with Crippen molar-refractivity contribution in [2.45, 2.75) is 84.5 Å². The van der Waals surface area contributed by atoms with E-state index >= 15 is 0 Å². The van der Waals surface area contributed by atoms with Crippen LogP contribution in [-0.4, -0.2) is 9.97 Å². The molecule has 0 bridgehead atoms. The maximum atomic E-state index is 4.45. The van der Waals surface area contributed by atoms with Crippen molar-refractivity contribution in [2.75, 3.05) is 0 Å². The lowest BCUT2D eigenvalue weighted by Gasteiger charge is -2.34. The van der Waals surface area contributed by atoms with Gasteiger partial charge in [-0.15, -0.1) is 0 Å². The van der Waals surface area contributed by atoms with Crippen molar-refractivity contribution in [1.29, 1.82) is 0 Å². The molecule has 2 aliphatic rings. The van der Waals surface area contributed by atoms with Crippen molar-refractivity contribution in [3.63, 3.8) is 0 Å². The van der Waals surface area contributed by atoms with Crippen LogP contribution in [0.15, 0.2) is 12.4 Å². The van der Waals surface area contributed by atoms with Gasteiger partial charge in [-0.3, -0.25) is 0 Å². The summed E-state index contributed by atoms with van der Waals surface area (Å²) in [4.78, 5) is 8.66. The van der Waals surface area contributed by atoms with Gasteiger partial charge in [0.15, 0.2) is 0 Å². The average molecular weight is 315 g/mol. The lowest BCUT2D eigenvalue weighted by molar-refractivity contribution is 0.189. The summed E-state index contributed by atoms with van der Waals surface area (Å²) in [6.45, 7) is 4.43. The first kappa shape index (κ1) is 16.9. The predicted molar refractivity (Wildman–Crippen MR) is 96.3 cm³/mol. The number of nitrogens with zero attached hydrogens (tertiary/aromatic N) is 2. The summed E-state index contributed by atoms with van der Waals surface area (Å²) in [5.41, 5.74) is 2.35. The molecule has 2 saturated carbocycles.